The molecule has 1 aliphatic rings. The second kappa shape index (κ2) is 10.3. The van der Waals surface area contributed by atoms with Crippen molar-refractivity contribution in [1.82, 2.24) is 10.3 Å². The number of ether oxygens (including phenoxy) is 2. The summed E-state index contributed by atoms with van der Waals surface area (Å²) in [7, 11) is 0. The average molecular weight is 482 g/mol. The summed E-state index contributed by atoms with van der Waals surface area (Å²) in [5.74, 6) is 0.572. The van der Waals surface area contributed by atoms with Crippen molar-refractivity contribution in [3.8, 4) is 11.5 Å². The van der Waals surface area contributed by atoms with Crippen LogP contribution in [0, 0.1) is 0 Å². The van der Waals surface area contributed by atoms with Crippen LogP contribution in [0.2, 0.25) is 10.0 Å². The molecule has 10 heteroatoms. The number of nitrogens with zero attached hydrogens (tertiary/aromatic N) is 2. The number of hydrogen-bond acceptors (Lipinski definition) is 6. The van der Waals surface area contributed by atoms with Gasteiger partial charge in [-0.1, -0.05) is 47.1 Å². The molecule has 2 aromatic rings. The SMILES string of the molecule is CCOc1cc([C@@H]2SC(NC(C)=O)=NN2C(C)=O)ccc1OCc1ccc(Cl)cc1Cl. The lowest BCUT2D eigenvalue weighted by Crippen LogP contribution is -2.25. The molecule has 3 rings (SSSR count). The van der Waals surface area contributed by atoms with Crippen LogP contribution in [0.5, 0.6) is 11.5 Å². The molecule has 7 nitrogen and oxygen atoms in total. The molecule has 164 valence electrons. The van der Waals surface area contributed by atoms with Gasteiger partial charge in [0.05, 0.1) is 6.61 Å². The molecule has 2 aromatic carbocycles. The number of halogens is 2. The maximum atomic E-state index is 12.1. The number of amidine groups is 1. The van der Waals surface area contributed by atoms with E-state index in [1.54, 1.807) is 24.3 Å². The summed E-state index contributed by atoms with van der Waals surface area (Å²) in [6.45, 7) is 5.36. The van der Waals surface area contributed by atoms with Gasteiger partial charge in [-0.05, 0) is 36.8 Å². The van der Waals surface area contributed by atoms with Crippen LogP contribution in [0.3, 0.4) is 0 Å². The van der Waals surface area contributed by atoms with Gasteiger partial charge in [0.1, 0.15) is 12.0 Å². The van der Waals surface area contributed by atoms with E-state index in [9.17, 15) is 9.59 Å². The first-order valence-electron chi connectivity index (χ1n) is 9.44. The minimum Gasteiger partial charge on any atom is -0.490 e. The third-order valence-corrected chi connectivity index (χ3v) is 5.89. The Hall–Kier alpha value is -2.42. The van der Waals surface area contributed by atoms with Crippen molar-refractivity contribution in [2.75, 3.05) is 6.61 Å². The van der Waals surface area contributed by atoms with Crippen molar-refractivity contribution in [3.05, 3.63) is 57.6 Å². The molecule has 31 heavy (non-hydrogen) atoms. The van der Waals surface area contributed by atoms with Crippen molar-refractivity contribution in [3.63, 3.8) is 0 Å². The monoisotopic (exact) mass is 481 g/mol. The van der Waals surface area contributed by atoms with Crippen LogP contribution in [0.15, 0.2) is 41.5 Å². The van der Waals surface area contributed by atoms with Crippen LogP contribution in [-0.4, -0.2) is 28.6 Å². The first-order valence-corrected chi connectivity index (χ1v) is 11.1. The van der Waals surface area contributed by atoms with Gasteiger partial charge in [0, 0.05) is 29.5 Å². The summed E-state index contributed by atoms with van der Waals surface area (Å²) in [5, 5.41) is 9.17. The number of thioether (sulfide) groups is 1. The van der Waals surface area contributed by atoms with Crippen LogP contribution in [0.1, 0.15) is 37.3 Å². The molecular formula is C21H21Cl2N3O4S. The molecule has 0 aliphatic carbocycles. The molecule has 1 N–H and O–H groups in total. The second-order valence-corrected chi connectivity index (χ2v) is 8.50. The fourth-order valence-electron chi connectivity index (χ4n) is 2.84. The van der Waals surface area contributed by atoms with E-state index in [0.29, 0.717) is 33.3 Å². The maximum Gasteiger partial charge on any atom is 0.241 e. The van der Waals surface area contributed by atoms with Gasteiger partial charge in [-0.25, -0.2) is 5.01 Å². The molecule has 0 saturated carbocycles. The zero-order valence-electron chi connectivity index (χ0n) is 17.1. The van der Waals surface area contributed by atoms with E-state index in [2.05, 4.69) is 10.4 Å². The van der Waals surface area contributed by atoms with Crippen molar-refractivity contribution in [1.29, 1.82) is 0 Å². The third-order valence-electron chi connectivity index (χ3n) is 4.20. The summed E-state index contributed by atoms with van der Waals surface area (Å²) in [6.07, 6.45) is 0. The van der Waals surface area contributed by atoms with Crippen LogP contribution in [0.4, 0.5) is 0 Å². The molecule has 1 heterocycles. The largest absolute Gasteiger partial charge is 0.490 e. The maximum absolute atomic E-state index is 12.1. The van der Waals surface area contributed by atoms with Crippen molar-refractivity contribution < 1.29 is 19.1 Å². The first-order chi connectivity index (χ1) is 14.8. The Bertz CT molecular complexity index is 1030. The molecular weight excluding hydrogens is 461 g/mol. The lowest BCUT2D eigenvalue weighted by atomic mass is 10.2. The van der Waals surface area contributed by atoms with E-state index in [-0.39, 0.29) is 18.4 Å². The minimum atomic E-state index is -0.432. The first kappa shape index (κ1) is 23.2. The zero-order valence-corrected chi connectivity index (χ0v) is 19.5. The van der Waals surface area contributed by atoms with Crippen LogP contribution in [-0.2, 0) is 16.2 Å². The Morgan fingerprint density at radius 2 is 1.90 bits per heavy atom. The zero-order chi connectivity index (χ0) is 22.5. The number of benzene rings is 2. The number of nitrogens with one attached hydrogen (secondary N) is 1. The van der Waals surface area contributed by atoms with Crippen molar-refractivity contribution >= 4 is 51.9 Å². The predicted molar refractivity (Wildman–Crippen MR) is 123 cm³/mol. The average Bonchev–Trinajstić information content (AvgIpc) is 3.11. The molecule has 0 unspecified atom stereocenters. The van der Waals surface area contributed by atoms with E-state index in [4.69, 9.17) is 32.7 Å². The van der Waals surface area contributed by atoms with Crippen molar-refractivity contribution in [2.24, 2.45) is 5.10 Å². The summed E-state index contributed by atoms with van der Waals surface area (Å²) in [6, 6.07) is 10.6. The van der Waals surface area contributed by atoms with Gasteiger partial charge in [-0.15, -0.1) is 5.10 Å². The summed E-state index contributed by atoms with van der Waals surface area (Å²) in [5.41, 5.74) is 1.57. The van der Waals surface area contributed by atoms with E-state index in [1.807, 2.05) is 19.1 Å². The minimum absolute atomic E-state index is 0.239. The Balaban J connectivity index is 1.82. The number of hydrazone groups is 1. The Labute approximate surface area is 194 Å². The van der Waals surface area contributed by atoms with Gasteiger partial charge < -0.3 is 14.8 Å². The highest BCUT2D eigenvalue weighted by Crippen LogP contribution is 2.42. The molecule has 0 saturated heterocycles. The molecule has 0 aromatic heterocycles. The molecule has 2 amide bonds. The highest BCUT2D eigenvalue weighted by atomic mass is 35.5. The summed E-state index contributed by atoms with van der Waals surface area (Å²) >= 11 is 13.4. The number of rotatable bonds is 6. The fourth-order valence-corrected chi connectivity index (χ4v) is 4.43. The molecule has 0 spiro atoms. The van der Waals surface area contributed by atoms with Gasteiger partial charge in [-0.3, -0.25) is 9.59 Å². The fraction of sp³-hybridized carbons (Fsp3) is 0.286. The van der Waals surface area contributed by atoms with Gasteiger partial charge in [0.2, 0.25) is 11.8 Å². The normalized spacial score (nSPS) is 15.5. The molecule has 0 fully saturated rings. The van der Waals surface area contributed by atoms with E-state index < -0.39 is 5.37 Å². The van der Waals surface area contributed by atoms with Crippen molar-refractivity contribution in [2.45, 2.75) is 32.8 Å². The van der Waals surface area contributed by atoms with Gasteiger partial charge in [0.25, 0.3) is 0 Å². The van der Waals surface area contributed by atoms with Gasteiger partial charge in [0.15, 0.2) is 16.7 Å². The molecule has 1 atom stereocenters. The van der Waals surface area contributed by atoms with E-state index in [0.717, 1.165) is 11.1 Å². The van der Waals surface area contributed by atoms with Crippen LogP contribution < -0.4 is 14.8 Å². The number of carbonyl (C=O) groups excluding carboxylic acids is 2. The molecule has 0 radical (unpaired) electrons. The highest BCUT2D eigenvalue weighted by Gasteiger charge is 2.33. The standard InChI is InChI=1S/C21H21Cl2N3O4S/c1-4-29-19-9-14(20-26(13(3)28)25-21(31-20)24-12(2)27)6-8-18(19)30-11-15-5-7-16(22)10-17(15)23/h5-10,20H,4,11H2,1-3H3,(H,24,25,27)/t20-/m0/s1. The van der Waals surface area contributed by atoms with Crippen LogP contribution >= 0.6 is 35.0 Å². The van der Waals surface area contributed by atoms with E-state index in [1.165, 1.54) is 30.6 Å². The Kier molecular flexibility index (Phi) is 7.69. The second-order valence-electron chi connectivity index (χ2n) is 6.58. The number of hydrogen-bond donors (Lipinski definition) is 1. The number of amides is 2. The van der Waals surface area contributed by atoms with Gasteiger partial charge >= 0.3 is 0 Å². The topological polar surface area (TPSA) is 80.2 Å². The predicted octanol–water partition coefficient (Wildman–Crippen LogP) is 4.97. The lowest BCUT2D eigenvalue weighted by molar-refractivity contribution is -0.129. The van der Waals surface area contributed by atoms with Gasteiger partial charge in [-0.2, -0.15) is 0 Å². The third kappa shape index (κ3) is 5.84. The number of carbonyl (C=O) groups is 2. The summed E-state index contributed by atoms with van der Waals surface area (Å²) < 4.78 is 11.7. The highest BCUT2D eigenvalue weighted by molar-refractivity contribution is 8.14. The molecule has 0 bridgehead atoms. The Morgan fingerprint density at radius 3 is 2.55 bits per heavy atom. The quantitative estimate of drug-likeness (QED) is 0.629. The molecule has 1 aliphatic heterocycles. The summed E-state index contributed by atoms with van der Waals surface area (Å²) in [4.78, 5) is 23.4. The van der Waals surface area contributed by atoms with E-state index >= 15 is 0 Å². The smallest absolute Gasteiger partial charge is 0.241 e. The lowest BCUT2D eigenvalue weighted by Gasteiger charge is -2.21. The Morgan fingerprint density at radius 1 is 1.13 bits per heavy atom. The van der Waals surface area contributed by atoms with Crippen LogP contribution in [0.25, 0.3) is 0 Å².